The summed E-state index contributed by atoms with van der Waals surface area (Å²) in [5.41, 5.74) is 1.85. The lowest BCUT2D eigenvalue weighted by atomic mass is 10.1. The lowest BCUT2D eigenvalue weighted by Crippen LogP contribution is -2.29. The van der Waals surface area contributed by atoms with Gasteiger partial charge in [0.25, 0.3) is 10.0 Å². The minimum atomic E-state index is -3.88. The molecule has 0 amide bonds. The highest BCUT2D eigenvalue weighted by atomic mass is 32.2. The van der Waals surface area contributed by atoms with Gasteiger partial charge in [-0.3, -0.25) is 9.10 Å². The molecule has 0 aromatic heterocycles. The third-order valence-corrected chi connectivity index (χ3v) is 7.64. The summed E-state index contributed by atoms with van der Waals surface area (Å²) in [6, 6.07) is 17.6. The van der Waals surface area contributed by atoms with Crippen molar-refractivity contribution < 1.29 is 32.2 Å². The Morgan fingerprint density at radius 1 is 0.943 bits per heavy atom. The molecule has 1 aliphatic heterocycles. The van der Waals surface area contributed by atoms with Crippen LogP contribution >= 0.6 is 0 Å². The zero-order chi connectivity index (χ0) is 25.2. The molecule has 0 saturated carbocycles. The van der Waals surface area contributed by atoms with Crippen LogP contribution in [0.5, 0.6) is 11.5 Å². The van der Waals surface area contributed by atoms with Gasteiger partial charge in [0.15, 0.2) is 6.10 Å². The molecule has 0 fully saturated rings. The number of rotatable bonds is 8. The third kappa shape index (κ3) is 4.72. The minimum absolute atomic E-state index is 0.0277. The van der Waals surface area contributed by atoms with Crippen LogP contribution in [0.3, 0.4) is 0 Å². The average Bonchev–Trinajstić information content (AvgIpc) is 3.33. The maximum atomic E-state index is 13.3. The van der Waals surface area contributed by atoms with Crippen molar-refractivity contribution in [2.75, 3.05) is 25.1 Å². The molecule has 8 nitrogen and oxygen atoms in total. The molecule has 3 aromatic carbocycles. The number of esters is 1. The van der Waals surface area contributed by atoms with Crippen molar-refractivity contribution in [3.05, 3.63) is 83.4 Å². The van der Waals surface area contributed by atoms with Crippen molar-refractivity contribution in [1.82, 2.24) is 0 Å². The normalized spacial score (nSPS) is 13.6. The zero-order valence-electron chi connectivity index (χ0n) is 19.6. The van der Waals surface area contributed by atoms with E-state index in [4.69, 9.17) is 14.2 Å². The maximum absolute atomic E-state index is 13.3. The van der Waals surface area contributed by atoms with Gasteiger partial charge in [0, 0.05) is 12.6 Å². The first-order chi connectivity index (χ1) is 16.8. The van der Waals surface area contributed by atoms with E-state index in [2.05, 4.69) is 0 Å². The van der Waals surface area contributed by atoms with Crippen LogP contribution in [0.2, 0.25) is 0 Å². The standard InChI is InChI=1S/C26H25NO7S/c1-17(25(28)22-12-11-20(32-2)16-24(22)33-3)34-26(29)19-8-6-9-21(15-19)35(30,31)27-14-13-18-7-4-5-10-23(18)27/h4-12,15-17H,13-14H2,1-3H3/t17-/m0/s1. The summed E-state index contributed by atoms with van der Waals surface area (Å²) in [5.74, 6) is -0.467. The molecule has 0 N–H and O–H groups in total. The van der Waals surface area contributed by atoms with Crippen LogP contribution in [0, 0.1) is 0 Å². The van der Waals surface area contributed by atoms with Gasteiger partial charge in [0.05, 0.1) is 35.9 Å². The van der Waals surface area contributed by atoms with Gasteiger partial charge in [0.2, 0.25) is 5.78 Å². The molecular weight excluding hydrogens is 470 g/mol. The lowest BCUT2D eigenvalue weighted by Gasteiger charge is -2.20. The van der Waals surface area contributed by atoms with Gasteiger partial charge >= 0.3 is 5.97 Å². The molecule has 1 atom stereocenters. The van der Waals surface area contributed by atoms with Gasteiger partial charge in [0.1, 0.15) is 11.5 Å². The van der Waals surface area contributed by atoms with E-state index in [1.54, 1.807) is 24.3 Å². The first kappa shape index (κ1) is 24.3. The molecule has 35 heavy (non-hydrogen) atoms. The van der Waals surface area contributed by atoms with Crippen LogP contribution in [0.15, 0.2) is 71.6 Å². The highest BCUT2D eigenvalue weighted by Crippen LogP contribution is 2.33. The molecule has 1 heterocycles. The summed E-state index contributed by atoms with van der Waals surface area (Å²) in [6.07, 6.45) is -0.512. The number of anilines is 1. The largest absolute Gasteiger partial charge is 0.497 e. The summed E-state index contributed by atoms with van der Waals surface area (Å²) < 4.78 is 43.7. The van der Waals surface area contributed by atoms with Gasteiger partial charge in [-0.05, 0) is 55.3 Å². The van der Waals surface area contributed by atoms with Gasteiger partial charge in [-0.1, -0.05) is 24.3 Å². The molecule has 0 saturated heterocycles. The van der Waals surface area contributed by atoms with E-state index in [1.807, 2.05) is 12.1 Å². The van der Waals surface area contributed by atoms with Crippen molar-refractivity contribution in [1.29, 1.82) is 0 Å². The Morgan fingerprint density at radius 3 is 2.46 bits per heavy atom. The van der Waals surface area contributed by atoms with Crippen molar-refractivity contribution in [2.24, 2.45) is 0 Å². The molecule has 1 aliphatic rings. The highest BCUT2D eigenvalue weighted by molar-refractivity contribution is 7.92. The van der Waals surface area contributed by atoms with Crippen LogP contribution in [-0.2, 0) is 21.2 Å². The van der Waals surface area contributed by atoms with Crippen LogP contribution in [-0.4, -0.2) is 47.0 Å². The number of Topliss-reactive ketones (excluding diaryl/α,β-unsaturated/α-hetero) is 1. The van der Waals surface area contributed by atoms with E-state index in [0.717, 1.165) is 5.56 Å². The molecule has 182 valence electrons. The van der Waals surface area contributed by atoms with Gasteiger partial charge in [-0.15, -0.1) is 0 Å². The second kappa shape index (κ2) is 9.79. The number of ether oxygens (including phenoxy) is 3. The fourth-order valence-corrected chi connectivity index (χ4v) is 5.52. The summed E-state index contributed by atoms with van der Waals surface area (Å²) >= 11 is 0. The second-order valence-corrected chi connectivity index (χ2v) is 9.82. The van der Waals surface area contributed by atoms with Crippen molar-refractivity contribution in [3.8, 4) is 11.5 Å². The van der Waals surface area contributed by atoms with E-state index < -0.39 is 27.9 Å². The maximum Gasteiger partial charge on any atom is 0.338 e. The molecule has 4 rings (SSSR count). The summed E-state index contributed by atoms with van der Waals surface area (Å²) in [7, 11) is -0.960. The molecule has 0 unspecified atom stereocenters. The van der Waals surface area contributed by atoms with Crippen LogP contribution < -0.4 is 13.8 Å². The Balaban J connectivity index is 1.53. The van der Waals surface area contributed by atoms with Crippen molar-refractivity contribution in [3.63, 3.8) is 0 Å². The minimum Gasteiger partial charge on any atom is -0.497 e. The number of ketones is 1. The van der Waals surface area contributed by atoms with Gasteiger partial charge in [-0.25, -0.2) is 13.2 Å². The quantitative estimate of drug-likeness (QED) is 0.345. The number of carbonyl (C=O) groups excluding carboxylic acids is 2. The zero-order valence-corrected chi connectivity index (χ0v) is 20.4. The SMILES string of the molecule is COc1ccc(C(=O)[C@H](C)OC(=O)c2cccc(S(=O)(=O)N3CCc4ccccc43)c2)c(OC)c1. The highest BCUT2D eigenvalue weighted by Gasteiger charge is 2.31. The number of sulfonamides is 1. The first-order valence-corrected chi connectivity index (χ1v) is 12.4. The van der Waals surface area contributed by atoms with E-state index >= 15 is 0 Å². The topological polar surface area (TPSA) is 99.2 Å². The van der Waals surface area contributed by atoms with Crippen LogP contribution in [0.1, 0.15) is 33.2 Å². The first-order valence-electron chi connectivity index (χ1n) is 10.9. The number of hydrogen-bond acceptors (Lipinski definition) is 7. The number of hydrogen-bond donors (Lipinski definition) is 0. The molecule has 9 heteroatoms. The Bertz CT molecular complexity index is 1380. The lowest BCUT2D eigenvalue weighted by molar-refractivity contribution is 0.0317. The molecule has 0 radical (unpaired) electrons. The Morgan fingerprint density at radius 2 is 1.71 bits per heavy atom. The molecule has 0 spiro atoms. The number of methoxy groups -OCH3 is 2. The summed E-state index contributed by atoms with van der Waals surface area (Å²) in [5, 5.41) is 0. The number of benzene rings is 3. The Labute approximate surface area is 204 Å². The summed E-state index contributed by atoms with van der Waals surface area (Å²) in [6.45, 7) is 1.78. The third-order valence-electron chi connectivity index (χ3n) is 5.83. The molecule has 0 aliphatic carbocycles. The van der Waals surface area contributed by atoms with Gasteiger partial charge < -0.3 is 14.2 Å². The van der Waals surface area contributed by atoms with E-state index in [1.165, 1.54) is 55.8 Å². The Hall–Kier alpha value is -3.85. The van der Waals surface area contributed by atoms with E-state index in [9.17, 15) is 18.0 Å². The second-order valence-electron chi connectivity index (χ2n) is 7.96. The fraction of sp³-hybridized carbons (Fsp3) is 0.231. The monoisotopic (exact) mass is 495 g/mol. The molecular formula is C26H25NO7S. The average molecular weight is 496 g/mol. The van der Waals surface area contributed by atoms with Crippen LogP contribution in [0.25, 0.3) is 0 Å². The van der Waals surface area contributed by atoms with Crippen molar-refractivity contribution in [2.45, 2.75) is 24.3 Å². The van der Waals surface area contributed by atoms with Gasteiger partial charge in [-0.2, -0.15) is 0 Å². The fourth-order valence-electron chi connectivity index (χ4n) is 3.97. The predicted octanol–water partition coefficient (Wildman–Crippen LogP) is 3.88. The summed E-state index contributed by atoms with van der Waals surface area (Å²) in [4.78, 5) is 25.7. The molecule has 0 bridgehead atoms. The molecule has 3 aromatic rings. The van der Waals surface area contributed by atoms with Crippen molar-refractivity contribution >= 4 is 27.5 Å². The van der Waals surface area contributed by atoms with E-state index in [-0.39, 0.29) is 21.8 Å². The predicted molar refractivity (Wildman–Crippen MR) is 130 cm³/mol. The number of fused-ring (bicyclic) bond motifs is 1. The number of para-hydroxylation sites is 1. The van der Waals surface area contributed by atoms with Crippen LogP contribution in [0.4, 0.5) is 5.69 Å². The smallest absolute Gasteiger partial charge is 0.338 e. The van der Waals surface area contributed by atoms with E-state index in [0.29, 0.717) is 24.4 Å². The number of nitrogens with zero attached hydrogens (tertiary/aromatic N) is 1. The number of carbonyl (C=O) groups is 2. The Kier molecular flexibility index (Phi) is 6.79.